The third kappa shape index (κ3) is 10.0. The molecule has 9 N–H and O–H groups in total. The molecule has 0 amide bonds. The second-order valence-corrected chi connectivity index (χ2v) is 14.2. The van der Waals surface area contributed by atoms with Crippen LogP contribution in [0.2, 0.25) is 10.0 Å². The second kappa shape index (κ2) is 19.9. The monoisotopic (exact) mass is 820 g/mol. The quantitative estimate of drug-likeness (QED) is 0.113. The average molecular weight is 822 g/mol. The van der Waals surface area contributed by atoms with Gasteiger partial charge in [0, 0.05) is 15.6 Å². The van der Waals surface area contributed by atoms with E-state index in [2.05, 4.69) is 0 Å². The molecule has 10 atom stereocenters. The lowest BCUT2D eigenvalue weighted by molar-refractivity contribution is -0.357. The zero-order chi connectivity index (χ0) is 40.0. The van der Waals surface area contributed by atoms with E-state index in [-0.39, 0.29) is 13.0 Å². The first-order chi connectivity index (χ1) is 26.2. The van der Waals surface area contributed by atoms with Gasteiger partial charge in [-0.05, 0) is 83.1 Å². The summed E-state index contributed by atoms with van der Waals surface area (Å²) in [4.78, 5) is 0. The maximum atomic E-state index is 10.9. The molecule has 0 unspecified atom stereocenters. The molecule has 0 spiro atoms. The molecule has 306 valence electrons. The van der Waals surface area contributed by atoms with Gasteiger partial charge in [0.05, 0.1) is 27.4 Å². The topological polar surface area (TPSA) is 219 Å². The van der Waals surface area contributed by atoms with Crippen LogP contribution < -0.4 is 9.47 Å². The smallest absolute Gasteiger partial charge is 0.222 e. The van der Waals surface area contributed by atoms with Gasteiger partial charge in [0.2, 0.25) is 5.79 Å². The number of hydrogen-bond donors (Lipinski definition) is 9. The number of ether oxygens (including phenoxy) is 4. The lowest BCUT2D eigenvalue weighted by atomic mass is 9.87. The molecule has 15 heteroatoms. The Labute approximate surface area is 335 Å². The van der Waals surface area contributed by atoms with Crippen molar-refractivity contribution in [1.82, 2.24) is 0 Å². The highest BCUT2D eigenvalue weighted by molar-refractivity contribution is 6.31. The SMILES string of the molecule is C.COc1ccc(Cc2cc([C@@H]3O[C@H](CO)[C@@H](O)[C@H](O)[C@H]3O)ccc2Cl)cc1.COc1ccc(Cc2cc([C@]3(O)O[C@H](CO)[C@@H](O)[C@H](O)[C@H]3O)ccc2Cl)cc1. The largest absolute Gasteiger partial charge is 0.497 e. The van der Waals surface area contributed by atoms with Gasteiger partial charge >= 0.3 is 0 Å². The molecule has 0 aliphatic carbocycles. The maximum Gasteiger partial charge on any atom is 0.222 e. The van der Waals surface area contributed by atoms with Crippen LogP contribution in [0.4, 0.5) is 0 Å². The third-order valence-electron chi connectivity index (χ3n) is 9.82. The van der Waals surface area contributed by atoms with Crippen LogP contribution in [0.3, 0.4) is 0 Å². The van der Waals surface area contributed by atoms with Crippen molar-refractivity contribution in [3.63, 3.8) is 0 Å². The summed E-state index contributed by atoms with van der Waals surface area (Å²) in [7, 11) is 3.19. The van der Waals surface area contributed by atoms with Crippen LogP contribution in [0.25, 0.3) is 0 Å². The van der Waals surface area contributed by atoms with Gasteiger partial charge < -0.3 is 64.9 Å². The van der Waals surface area contributed by atoms with E-state index in [0.717, 1.165) is 28.2 Å². The maximum absolute atomic E-state index is 10.9. The Balaban J connectivity index is 0.000000244. The first-order valence-corrected chi connectivity index (χ1v) is 18.2. The van der Waals surface area contributed by atoms with E-state index in [4.69, 9.17) is 42.1 Å². The Morgan fingerprint density at radius 2 is 1.09 bits per heavy atom. The summed E-state index contributed by atoms with van der Waals surface area (Å²) in [6.07, 6.45) is -11.3. The van der Waals surface area contributed by atoms with Gasteiger partial charge in [-0.1, -0.05) is 73.1 Å². The van der Waals surface area contributed by atoms with Crippen LogP contribution in [0.5, 0.6) is 11.5 Å². The number of halogens is 2. The molecule has 0 bridgehead atoms. The number of rotatable bonds is 10. The number of aliphatic hydroxyl groups excluding tert-OH is 8. The van der Waals surface area contributed by atoms with Crippen LogP contribution in [0, 0.1) is 0 Å². The fourth-order valence-corrected chi connectivity index (χ4v) is 6.90. The average Bonchev–Trinajstić information content (AvgIpc) is 3.20. The number of benzene rings is 4. The zero-order valence-corrected chi connectivity index (χ0v) is 31.5. The van der Waals surface area contributed by atoms with Crippen molar-refractivity contribution in [3.05, 3.63) is 128 Å². The molecule has 2 aliphatic heterocycles. The molecule has 2 heterocycles. The highest BCUT2D eigenvalue weighted by Crippen LogP contribution is 2.38. The molecule has 2 fully saturated rings. The predicted molar refractivity (Wildman–Crippen MR) is 208 cm³/mol. The van der Waals surface area contributed by atoms with E-state index in [0.29, 0.717) is 34.0 Å². The highest BCUT2D eigenvalue weighted by atomic mass is 35.5. The summed E-state index contributed by atoms with van der Waals surface area (Å²) in [5.41, 5.74) is 4.23. The molecular weight excluding hydrogens is 771 g/mol. The van der Waals surface area contributed by atoms with Crippen molar-refractivity contribution in [2.75, 3.05) is 27.4 Å². The molecule has 2 saturated heterocycles. The van der Waals surface area contributed by atoms with E-state index in [9.17, 15) is 46.0 Å². The summed E-state index contributed by atoms with van der Waals surface area (Å²) in [5, 5.41) is 91.2. The minimum absolute atomic E-state index is 0. The van der Waals surface area contributed by atoms with E-state index < -0.39 is 73.9 Å². The van der Waals surface area contributed by atoms with Crippen LogP contribution >= 0.6 is 23.2 Å². The number of methoxy groups -OCH3 is 2. The van der Waals surface area contributed by atoms with Crippen LogP contribution in [-0.2, 0) is 28.1 Å². The Kier molecular flexibility index (Phi) is 16.1. The lowest BCUT2D eigenvalue weighted by Gasteiger charge is -2.45. The summed E-state index contributed by atoms with van der Waals surface area (Å²) < 4.78 is 21.3. The molecule has 4 aromatic rings. The standard InChI is InChI=1S/C20H23ClO7.C20H23ClO6.CH4/c1-27-14-5-2-11(3-6-14)8-12-9-13(4-7-15(12)21)20(26)19(25)18(24)17(23)16(10-22)28-20;1-26-14-5-2-11(3-6-14)8-13-9-12(4-7-15(13)21)20-19(25)18(24)17(23)16(10-22)27-20;/h2-7,9,16-19,22-26H,8,10H2,1H3;2-7,9,16-20,22-25H,8,10H2,1H3;1H4/t2*16-,17-,18+,19-,20+;/m11./s1. The number of hydrogen-bond acceptors (Lipinski definition) is 13. The first-order valence-electron chi connectivity index (χ1n) is 17.4. The van der Waals surface area contributed by atoms with Crippen LogP contribution in [0.1, 0.15) is 46.9 Å². The van der Waals surface area contributed by atoms with Gasteiger partial charge in [-0.15, -0.1) is 0 Å². The van der Waals surface area contributed by atoms with Crippen LogP contribution in [-0.4, -0.2) is 122 Å². The second-order valence-electron chi connectivity index (χ2n) is 13.4. The Bertz CT molecular complexity index is 1840. The molecule has 0 radical (unpaired) electrons. The van der Waals surface area contributed by atoms with E-state index in [1.54, 1.807) is 44.6 Å². The van der Waals surface area contributed by atoms with E-state index in [1.165, 1.54) is 6.07 Å². The van der Waals surface area contributed by atoms with Crippen LogP contribution in [0.15, 0.2) is 84.9 Å². The zero-order valence-electron chi connectivity index (χ0n) is 30.0. The van der Waals surface area contributed by atoms with Crippen molar-refractivity contribution >= 4 is 23.2 Å². The summed E-state index contributed by atoms with van der Waals surface area (Å²) >= 11 is 12.6. The van der Waals surface area contributed by atoms with Crippen molar-refractivity contribution < 1.29 is 64.9 Å². The molecular formula is C41H50Cl2O13. The molecule has 13 nitrogen and oxygen atoms in total. The van der Waals surface area contributed by atoms with Gasteiger partial charge in [0.1, 0.15) is 66.4 Å². The molecule has 0 aromatic heterocycles. The van der Waals surface area contributed by atoms with Gasteiger partial charge in [0.25, 0.3) is 0 Å². The van der Waals surface area contributed by atoms with E-state index >= 15 is 0 Å². The highest BCUT2D eigenvalue weighted by Gasteiger charge is 2.53. The minimum Gasteiger partial charge on any atom is -0.497 e. The predicted octanol–water partition coefficient (Wildman–Crippen LogP) is 2.65. The Morgan fingerprint density at radius 3 is 1.59 bits per heavy atom. The Hall–Kier alpha value is -3.38. The third-order valence-corrected chi connectivity index (χ3v) is 10.6. The van der Waals surface area contributed by atoms with Gasteiger partial charge in [0.15, 0.2) is 0 Å². The summed E-state index contributed by atoms with van der Waals surface area (Å²) in [5.74, 6) is -0.829. The molecule has 6 rings (SSSR count). The molecule has 0 saturated carbocycles. The minimum atomic E-state index is -2.31. The molecule has 2 aliphatic rings. The van der Waals surface area contributed by atoms with Crippen molar-refractivity contribution in [2.45, 2.75) is 81.0 Å². The molecule has 56 heavy (non-hydrogen) atoms. The fraction of sp³-hybridized carbons (Fsp3) is 0.415. The van der Waals surface area contributed by atoms with Gasteiger partial charge in [-0.25, -0.2) is 0 Å². The lowest BCUT2D eigenvalue weighted by Crippen LogP contribution is -2.63. The van der Waals surface area contributed by atoms with Crippen molar-refractivity contribution in [3.8, 4) is 11.5 Å². The molecule has 4 aromatic carbocycles. The summed E-state index contributed by atoms with van der Waals surface area (Å²) in [6.45, 7) is -1.10. The normalized spacial score (nSPS) is 28.7. The van der Waals surface area contributed by atoms with E-state index in [1.807, 2.05) is 48.5 Å². The van der Waals surface area contributed by atoms with Gasteiger partial charge in [-0.3, -0.25) is 0 Å². The first kappa shape index (κ1) is 45.3. The summed E-state index contributed by atoms with van der Waals surface area (Å²) in [6, 6.07) is 24.8. The van der Waals surface area contributed by atoms with Gasteiger partial charge in [-0.2, -0.15) is 0 Å². The number of aliphatic hydroxyl groups is 9. The fourth-order valence-electron chi connectivity index (χ4n) is 6.54. The van der Waals surface area contributed by atoms with Crippen molar-refractivity contribution in [1.29, 1.82) is 0 Å². The Morgan fingerprint density at radius 1 is 0.607 bits per heavy atom. The van der Waals surface area contributed by atoms with Crippen molar-refractivity contribution in [2.24, 2.45) is 0 Å².